The average Bonchev–Trinajstić information content (AvgIpc) is 3.05. The fraction of sp³-hybridized carbons (Fsp3) is 0.0769. The Morgan fingerprint density at radius 1 is 1.39 bits per heavy atom. The van der Waals surface area contributed by atoms with Gasteiger partial charge in [0.15, 0.2) is 0 Å². The highest BCUT2D eigenvalue weighted by Crippen LogP contribution is 2.14. The number of aromatic amines is 1. The molecule has 3 aromatic rings. The van der Waals surface area contributed by atoms with Crippen LogP contribution in [-0.2, 0) is 6.54 Å². The number of H-pyrrole nitrogens is 1. The summed E-state index contributed by atoms with van der Waals surface area (Å²) in [4.78, 5) is 19.2. The summed E-state index contributed by atoms with van der Waals surface area (Å²) in [5, 5.41) is 5.82. The minimum absolute atomic E-state index is 0.0777. The summed E-state index contributed by atoms with van der Waals surface area (Å²) in [6.45, 7) is 0.466. The number of hydrogen-bond acceptors (Lipinski definition) is 3. The normalized spacial score (nSPS) is 10.7. The van der Waals surface area contributed by atoms with Gasteiger partial charge < -0.3 is 10.3 Å². The minimum Gasteiger partial charge on any atom is -0.361 e. The number of aromatic nitrogens is 2. The predicted molar refractivity (Wildman–Crippen MR) is 71.6 cm³/mol. The number of fused-ring (bicyclic) bond motifs is 1. The van der Waals surface area contributed by atoms with Gasteiger partial charge in [0.25, 0.3) is 5.91 Å². The van der Waals surface area contributed by atoms with Crippen LogP contribution in [0.1, 0.15) is 16.1 Å². The molecule has 90 valence electrons. The summed E-state index contributed by atoms with van der Waals surface area (Å²) in [5.74, 6) is -0.0777. The van der Waals surface area contributed by atoms with Gasteiger partial charge in [-0.1, -0.05) is 0 Å². The topological polar surface area (TPSA) is 57.8 Å². The van der Waals surface area contributed by atoms with E-state index in [1.165, 1.54) is 11.3 Å². The Morgan fingerprint density at radius 2 is 2.33 bits per heavy atom. The van der Waals surface area contributed by atoms with E-state index < -0.39 is 0 Å². The molecule has 2 aromatic heterocycles. The third-order valence-corrected chi connectivity index (χ3v) is 3.36. The van der Waals surface area contributed by atoms with Gasteiger partial charge in [-0.3, -0.25) is 4.79 Å². The van der Waals surface area contributed by atoms with Gasteiger partial charge in [0, 0.05) is 28.0 Å². The first-order valence-electron chi connectivity index (χ1n) is 5.55. The molecule has 0 spiro atoms. The van der Waals surface area contributed by atoms with Crippen molar-refractivity contribution < 1.29 is 4.79 Å². The molecule has 0 aliphatic rings. The lowest BCUT2D eigenvalue weighted by atomic mass is 10.1. The second-order valence-electron chi connectivity index (χ2n) is 3.94. The highest BCUT2D eigenvalue weighted by molar-refractivity contribution is 7.07. The van der Waals surface area contributed by atoms with Crippen LogP contribution in [0.4, 0.5) is 0 Å². The third kappa shape index (κ3) is 2.12. The molecule has 4 nitrogen and oxygen atoms in total. The molecular formula is C13H11N3OS. The summed E-state index contributed by atoms with van der Waals surface area (Å²) in [6.07, 6.45) is 1.86. The SMILES string of the molecule is O=C(NCc1cscn1)c1ccc2[nH]ccc2c1. The number of carbonyl (C=O) groups excluding carboxylic acids is 1. The lowest BCUT2D eigenvalue weighted by Crippen LogP contribution is -2.22. The number of carbonyl (C=O) groups is 1. The van der Waals surface area contributed by atoms with Gasteiger partial charge in [-0.25, -0.2) is 4.98 Å². The second kappa shape index (κ2) is 4.62. The lowest BCUT2D eigenvalue weighted by molar-refractivity contribution is 0.0950. The van der Waals surface area contributed by atoms with Crippen molar-refractivity contribution in [1.82, 2.24) is 15.3 Å². The fourth-order valence-corrected chi connectivity index (χ4v) is 2.35. The maximum absolute atomic E-state index is 12.0. The monoisotopic (exact) mass is 257 g/mol. The number of benzene rings is 1. The van der Waals surface area contributed by atoms with Crippen LogP contribution in [0.3, 0.4) is 0 Å². The number of nitrogens with zero attached hydrogens (tertiary/aromatic N) is 1. The number of hydrogen-bond donors (Lipinski definition) is 2. The number of rotatable bonds is 3. The second-order valence-corrected chi connectivity index (χ2v) is 4.66. The molecule has 0 aliphatic carbocycles. The molecule has 0 fully saturated rings. The Kier molecular flexibility index (Phi) is 2.82. The smallest absolute Gasteiger partial charge is 0.251 e. The van der Waals surface area contributed by atoms with Crippen molar-refractivity contribution in [3.8, 4) is 0 Å². The Hall–Kier alpha value is -2.14. The van der Waals surface area contributed by atoms with Crippen LogP contribution in [0, 0.1) is 0 Å². The molecule has 3 rings (SSSR count). The molecule has 0 unspecified atom stereocenters. The van der Waals surface area contributed by atoms with Gasteiger partial charge in [-0.2, -0.15) is 0 Å². The van der Waals surface area contributed by atoms with E-state index in [0.29, 0.717) is 12.1 Å². The quantitative estimate of drug-likeness (QED) is 0.757. The summed E-state index contributed by atoms with van der Waals surface area (Å²) < 4.78 is 0. The van der Waals surface area contributed by atoms with Gasteiger partial charge in [-0.05, 0) is 24.3 Å². The predicted octanol–water partition coefficient (Wildman–Crippen LogP) is 2.55. The molecule has 1 aromatic carbocycles. The van der Waals surface area contributed by atoms with Crippen LogP contribution >= 0.6 is 11.3 Å². The summed E-state index contributed by atoms with van der Waals surface area (Å²) in [6, 6.07) is 7.55. The number of amides is 1. The van der Waals surface area contributed by atoms with Crippen LogP contribution in [0.25, 0.3) is 10.9 Å². The molecule has 0 saturated carbocycles. The van der Waals surface area contributed by atoms with Gasteiger partial charge >= 0.3 is 0 Å². The van der Waals surface area contributed by atoms with E-state index in [1.807, 2.05) is 35.8 Å². The zero-order valence-electron chi connectivity index (χ0n) is 9.51. The Morgan fingerprint density at radius 3 is 3.17 bits per heavy atom. The first-order chi connectivity index (χ1) is 8.83. The van der Waals surface area contributed by atoms with Crippen molar-refractivity contribution in [1.29, 1.82) is 0 Å². The molecule has 5 heteroatoms. The van der Waals surface area contributed by atoms with Crippen molar-refractivity contribution in [3.05, 3.63) is 52.6 Å². The Labute approximate surface area is 108 Å². The fourth-order valence-electron chi connectivity index (χ4n) is 1.79. The van der Waals surface area contributed by atoms with Gasteiger partial charge in [0.2, 0.25) is 0 Å². The molecule has 1 amide bonds. The van der Waals surface area contributed by atoms with Crippen LogP contribution in [-0.4, -0.2) is 15.9 Å². The lowest BCUT2D eigenvalue weighted by Gasteiger charge is -2.03. The van der Waals surface area contributed by atoms with E-state index in [9.17, 15) is 4.79 Å². The zero-order chi connectivity index (χ0) is 12.4. The van der Waals surface area contributed by atoms with E-state index in [2.05, 4.69) is 15.3 Å². The highest BCUT2D eigenvalue weighted by atomic mass is 32.1. The average molecular weight is 257 g/mol. The van der Waals surface area contributed by atoms with E-state index in [1.54, 1.807) is 5.51 Å². The maximum Gasteiger partial charge on any atom is 0.251 e. The molecule has 0 radical (unpaired) electrons. The molecule has 18 heavy (non-hydrogen) atoms. The van der Waals surface area contributed by atoms with Crippen LogP contribution < -0.4 is 5.32 Å². The first kappa shape index (κ1) is 11.0. The van der Waals surface area contributed by atoms with E-state index in [-0.39, 0.29) is 5.91 Å². The summed E-state index contributed by atoms with van der Waals surface area (Å²) in [7, 11) is 0. The molecule has 2 heterocycles. The molecule has 0 aliphatic heterocycles. The van der Waals surface area contributed by atoms with Crippen LogP contribution in [0.15, 0.2) is 41.4 Å². The first-order valence-corrected chi connectivity index (χ1v) is 6.49. The van der Waals surface area contributed by atoms with Gasteiger partial charge in [0.05, 0.1) is 17.7 Å². The summed E-state index contributed by atoms with van der Waals surface area (Å²) >= 11 is 1.52. The summed E-state index contributed by atoms with van der Waals surface area (Å²) in [5.41, 5.74) is 4.34. The van der Waals surface area contributed by atoms with Crippen molar-refractivity contribution in [2.45, 2.75) is 6.54 Å². The van der Waals surface area contributed by atoms with Crippen molar-refractivity contribution in [2.24, 2.45) is 0 Å². The standard InChI is InChI=1S/C13H11N3OS/c17-13(15-6-11-7-18-8-16-11)10-1-2-12-9(5-10)3-4-14-12/h1-5,7-8,14H,6H2,(H,15,17). The highest BCUT2D eigenvalue weighted by Gasteiger charge is 2.06. The van der Waals surface area contributed by atoms with Crippen LogP contribution in [0.2, 0.25) is 0 Å². The largest absolute Gasteiger partial charge is 0.361 e. The zero-order valence-corrected chi connectivity index (χ0v) is 10.3. The maximum atomic E-state index is 12.0. The van der Waals surface area contributed by atoms with Crippen molar-refractivity contribution in [2.75, 3.05) is 0 Å². The van der Waals surface area contributed by atoms with Crippen molar-refractivity contribution in [3.63, 3.8) is 0 Å². The molecule has 0 bridgehead atoms. The molecular weight excluding hydrogens is 246 g/mol. The van der Waals surface area contributed by atoms with E-state index in [0.717, 1.165) is 16.6 Å². The molecule has 0 atom stereocenters. The Balaban J connectivity index is 1.75. The van der Waals surface area contributed by atoms with Crippen LogP contribution in [0.5, 0.6) is 0 Å². The van der Waals surface area contributed by atoms with E-state index in [4.69, 9.17) is 0 Å². The van der Waals surface area contributed by atoms with E-state index >= 15 is 0 Å². The van der Waals surface area contributed by atoms with Crippen molar-refractivity contribution >= 4 is 28.1 Å². The molecule has 2 N–H and O–H groups in total. The number of thiazole rings is 1. The third-order valence-electron chi connectivity index (χ3n) is 2.73. The molecule has 0 saturated heterocycles. The van der Waals surface area contributed by atoms with Gasteiger partial charge in [-0.15, -0.1) is 11.3 Å². The minimum atomic E-state index is -0.0777. The number of nitrogens with one attached hydrogen (secondary N) is 2. The Bertz CT molecular complexity index is 672. The van der Waals surface area contributed by atoms with Gasteiger partial charge in [0.1, 0.15) is 0 Å².